The number of hydrogen-bond acceptors (Lipinski definition) is 5. The minimum atomic E-state index is -1.31. The van der Waals surface area contributed by atoms with Crippen molar-refractivity contribution in [1.29, 1.82) is 0 Å². The predicted molar refractivity (Wildman–Crippen MR) is 100 cm³/mol. The Balaban J connectivity index is 2.56. The van der Waals surface area contributed by atoms with E-state index in [0.717, 1.165) is 10.1 Å². The smallest absolute Gasteiger partial charge is 0.322 e. The van der Waals surface area contributed by atoms with Gasteiger partial charge in [0.25, 0.3) is 17.4 Å². The number of nitrogens with one attached hydrogen (secondary N) is 2. The summed E-state index contributed by atoms with van der Waals surface area (Å²) in [5.41, 5.74) is -1.05. The molecule has 9 heteroatoms. The van der Waals surface area contributed by atoms with Gasteiger partial charge in [0, 0.05) is 12.2 Å². The van der Waals surface area contributed by atoms with Crippen molar-refractivity contribution in [2.45, 2.75) is 26.4 Å². The van der Waals surface area contributed by atoms with Crippen molar-refractivity contribution in [3.63, 3.8) is 0 Å². The fourth-order valence-corrected chi connectivity index (χ4v) is 2.51. The van der Waals surface area contributed by atoms with Crippen LogP contribution in [0.5, 0.6) is 5.75 Å². The molecule has 4 N–H and O–H groups in total. The van der Waals surface area contributed by atoms with Gasteiger partial charge in [0.15, 0.2) is 0 Å². The summed E-state index contributed by atoms with van der Waals surface area (Å²) in [5, 5.41) is 23.7. The molecular formula is C19H21N3O6. The Morgan fingerprint density at radius 1 is 1.11 bits per heavy atom. The van der Waals surface area contributed by atoms with Gasteiger partial charge in [0.1, 0.15) is 17.9 Å². The zero-order valence-corrected chi connectivity index (χ0v) is 15.4. The van der Waals surface area contributed by atoms with Gasteiger partial charge >= 0.3 is 5.97 Å². The number of aromatic hydroxyl groups is 1. The highest BCUT2D eigenvalue weighted by Gasteiger charge is 2.25. The fourth-order valence-electron chi connectivity index (χ4n) is 2.51. The van der Waals surface area contributed by atoms with E-state index < -0.39 is 41.2 Å². The van der Waals surface area contributed by atoms with Crippen molar-refractivity contribution >= 4 is 17.8 Å². The average Bonchev–Trinajstić information content (AvgIpc) is 2.62. The van der Waals surface area contributed by atoms with Crippen molar-refractivity contribution in [3.05, 3.63) is 63.6 Å². The Morgan fingerprint density at radius 3 is 2.32 bits per heavy atom. The first-order valence-corrected chi connectivity index (χ1v) is 8.52. The van der Waals surface area contributed by atoms with Crippen molar-refractivity contribution in [3.8, 4) is 5.75 Å². The van der Waals surface area contributed by atoms with Crippen molar-refractivity contribution < 1.29 is 24.6 Å². The molecule has 148 valence electrons. The van der Waals surface area contributed by atoms with E-state index in [4.69, 9.17) is 5.11 Å². The minimum absolute atomic E-state index is 0.0567. The Bertz CT molecular complexity index is 950. The van der Waals surface area contributed by atoms with Crippen LogP contribution in [0, 0.1) is 0 Å². The molecular weight excluding hydrogens is 366 g/mol. The number of rotatable bonds is 7. The molecule has 0 atom stereocenters. The molecule has 28 heavy (non-hydrogen) atoms. The maximum atomic E-state index is 12.7. The minimum Gasteiger partial charge on any atom is -0.506 e. The first-order chi connectivity index (χ1) is 13.2. The van der Waals surface area contributed by atoms with Crippen LogP contribution in [0.2, 0.25) is 0 Å². The summed E-state index contributed by atoms with van der Waals surface area (Å²) in [6, 6.07) is 8.62. The third-order valence-electron chi connectivity index (χ3n) is 3.74. The number of hydrogen-bond donors (Lipinski definition) is 4. The SMILES string of the molecule is CC(C)NC(=O)c1cn(Cc2ccccc2)c(=O)c(C(=O)NCC(=O)O)c1O. The maximum Gasteiger partial charge on any atom is 0.322 e. The van der Waals surface area contributed by atoms with E-state index in [9.17, 15) is 24.3 Å². The number of aliphatic carboxylic acids is 1. The number of amides is 2. The molecule has 0 aliphatic rings. The van der Waals surface area contributed by atoms with E-state index in [2.05, 4.69) is 5.32 Å². The van der Waals surface area contributed by atoms with E-state index in [1.165, 1.54) is 6.20 Å². The average molecular weight is 387 g/mol. The zero-order valence-electron chi connectivity index (χ0n) is 15.4. The van der Waals surface area contributed by atoms with Crippen LogP contribution in [-0.2, 0) is 11.3 Å². The lowest BCUT2D eigenvalue weighted by Gasteiger charge is -2.15. The third kappa shape index (κ3) is 4.97. The molecule has 1 aromatic heterocycles. The molecule has 0 saturated carbocycles. The number of nitrogens with zero attached hydrogens (tertiary/aromatic N) is 1. The molecule has 2 rings (SSSR count). The van der Waals surface area contributed by atoms with Crippen LogP contribution >= 0.6 is 0 Å². The molecule has 0 aliphatic carbocycles. The molecule has 0 unspecified atom stereocenters. The standard InChI is InChI=1S/C19H21N3O6/c1-11(2)21-17(26)13-10-22(9-12-6-4-3-5-7-12)19(28)15(16(13)25)18(27)20-8-14(23)24/h3-7,10-11,25H,8-9H2,1-2H3,(H,20,27)(H,21,26)(H,23,24). The normalized spacial score (nSPS) is 10.5. The van der Waals surface area contributed by atoms with Gasteiger partial charge in [-0.3, -0.25) is 19.2 Å². The van der Waals surface area contributed by atoms with Gasteiger partial charge < -0.3 is 25.4 Å². The Kier molecular flexibility index (Phi) is 6.54. The van der Waals surface area contributed by atoms with E-state index in [0.29, 0.717) is 0 Å². The van der Waals surface area contributed by atoms with Crippen molar-refractivity contribution in [2.24, 2.45) is 0 Å². The lowest BCUT2D eigenvalue weighted by molar-refractivity contribution is -0.135. The van der Waals surface area contributed by atoms with Crippen LogP contribution in [0.1, 0.15) is 40.1 Å². The molecule has 1 aromatic carbocycles. The highest BCUT2D eigenvalue weighted by Crippen LogP contribution is 2.20. The number of carbonyl (C=O) groups excluding carboxylic acids is 2. The monoisotopic (exact) mass is 387 g/mol. The van der Waals surface area contributed by atoms with Gasteiger partial charge in [0.05, 0.1) is 12.1 Å². The van der Waals surface area contributed by atoms with E-state index in [1.807, 2.05) is 5.32 Å². The molecule has 9 nitrogen and oxygen atoms in total. The zero-order chi connectivity index (χ0) is 20.8. The van der Waals surface area contributed by atoms with Gasteiger partial charge in [-0.1, -0.05) is 30.3 Å². The summed E-state index contributed by atoms with van der Waals surface area (Å²) >= 11 is 0. The van der Waals surface area contributed by atoms with Gasteiger partial charge in [-0.05, 0) is 19.4 Å². The van der Waals surface area contributed by atoms with Crippen LogP contribution in [0.25, 0.3) is 0 Å². The summed E-state index contributed by atoms with van der Waals surface area (Å²) in [5.74, 6) is -3.85. The Morgan fingerprint density at radius 2 is 1.75 bits per heavy atom. The Labute approximate surface area is 160 Å². The predicted octanol–water partition coefficient (Wildman–Crippen LogP) is 0.555. The molecule has 0 spiro atoms. The topological polar surface area (TPSA) is 138 Å². The van der Waals surface area contributed by atoms with Crippen LogP contribution < -0.4 is 16.2 Å². The molecule has 1 heterocycles. The fraction of sp³-hybridized carbons (Fsp3) is 0.263. The van der Waals surface area contributed by atoms with Crippen LogP contribution in [0.15, 0.2) is 41.3 Å². The summed E-state index contributed by atoms with van der Waals surface area (Å²) in [7, 11) is 0. The number of benzene rings is 1. The third-order valence-corrected chi connectivity index (χ3v) is 3.74. The number of carbonyl (C=O) groups is 3. The quantitative estimate of drug-likeness (QED) is 0.548. The molecule has 0 radical (unpaired) electrons. The van der Waals surface area contributed by atoms with Gasteiger partial charge in [-0.25, -0.2) is 0 Å². The second-order valence-corrected chi connectivity index (χ2v) is 6.39. The highest BCUT2D eigenvalue weighted by atomic mass is 16.4. The van der Waals surface area contributed by atoms with E-state index in [-0.39, 0.29) is 18.2 Å². The highest BCUT2D eigenvalue weighted by molar-refractivity contribution is 6.04. The summed E-state index contributed by atoms with van der Waals surface area (Å²) in [6.07, 6.45) is 1.18. The molecule has 2 aromatic rings. The molecule has 2 amide bonds. The van der Waals surface area contributed by atoms with Gasteiger partial charge in [-0.2, -0.15) is 0 Å². The van der Waals surface area contributed by atoms with E-state index >= 15 is 0 Å². The summed E-state index contributed by atoms with van der Waals surface area (Å²) in [4.78, 5) is 48.2. The van der Waals surface area contributed by atoms with Crippen molar-refractivity contribution in [1.82, 2.24) is 15.2 Å². The van der Waals surface area contributed by atoms with Crippen LogP contribution in [0.4, 0.5) is 0 Å². The van der Waals surface area contributed by atoms with Crippen molar-refractivity contribution in [2.75, 3.05) is 6.54 Å². The second kappa shape index (κ2) is 8.85. The molecule has 0 bridgehead atoms. The van der Waals surface area contributed by atoms with Gasteiger partial charge in [-0.15, -0.1) is 0 Å². The number of carboxylic acids is 1. The molecule has 0 aliphatic heterocycles. The van der Waals surface area contributed by atoms with Gasteiger partial charge in [0.2, 0.25) is 0 Å². The number of pyridine rings is 1. The largest absolute Gasteiger partial charge is 0.506 e. The second-order valence-electron chi connectivity index (χ2n) is 6.39. The van der Waals surface area contributed by atoms with Crippen LogP contribution in [0.3, 0.4) is 0 Å². The molecule has 0 fully saturated rings. The Hall–Kier alpha value is -3.62. The summed E-state index contributed by atoms with van der Waals surface area (Å²) in [6.45, 7) is 2.75. The first-order valence-electron chi connectivity index (χ1n) is 8.52. The number of aromatic nitrogens is 1. The number of carboxylic acid groups (broad SMARTS) is 1. The van der Waals surface area contributed by atoms with E-state index in [1.54, 1.807) is 44.2 Å². The first kappa shape index (κ1) is 20.7. The maximum absolute atomic E-state index is 12.7. The molecule has 0 saturated heterocycles. The summed E-state index contributed by atoms with van der Waals surface area (Å²) < 4.78 is 1.12. The lowest BCUT2D eigenvalue weighted by atomic mass is 10.1. The lowest BCUT2D eigenvalue weighted by Crippen LogP contribution is -2.38. The van der Waals surface area contributed by atoms with Crippen LogP contribution in [-0.4, -0.2) is 45.2 Å².